The Hall–Kier alpha value is -7.15. The Bertz CT molecular complexity index is 2790. The zero-order valence-electron chi connectivity index (χ0n) is 44.7. The molecule has 3 fully saturated rings. The molecule has 4 aromatic rings. The van der Waals surface area contributed by atoms with Crippen molar-refractivity contribution in [2.45, 2.75) is 88.1 Å². The van der Waals surface area contributed by atoms with Gasteiger partial charge in [-0.3, -0.25) is 38.7 Å². The van der Waals surface area contributed by atoms with Crippen molar-refractivity contribution >= 4 is 41.1 Å². The summed E-state index contributed by atoms with van der Waals surface area (Å²) in [7, 11) is 1.69. The van der Waals surface area contributed by atoms with E-state index in [1.54, 1.807) is 42.5 Å². The molecule has 0 bridgehead atoms. The van der Waals surface area contributed by atoms with Gasteiger partial charge in [0.25, 0.3) is 17.7 Å². The number of nitrogens with two attached hydrogens (primary N) is 1. The minimum absolute atomic E-state index is 0.0218. The quantitative estimate of drug-likeness (QED) is 0.0363. The number of halogens is 5. The fourth-order valence-electron chi connectivity index (χ4n) is 10.4. The smallest absolute Gasteiger partial charge is 0.417 e. The van der Waals surface area contributed by atoms with E-state index in [1.165, 1.54) is 13.0 Å². The number of carbonyl (C=O) groups excluding carboxylic acids is 6. The van der Waals surface area contributed by atoms with E-state index in [4.69, 9.17) is 29.4 Å². The first-order valence-corrected chi connectivity index (χ1v) is 26.5. The highest BCUT2D eigenvalue weighted by molar-refractivity contribution is 5.97. The minimum atomic E-state index is -4.99. The van der Waals surface area contributed by atoms with Crippen LogP contribution in [0, 0.1) is 29.4 Å². The number of rotatable bonds is 26. The molecule has 6 amide bonds. The second-order valence-electron chi connectivity index (χ2n) is 20.1. The summed E-state index contributed by atoms with van der Waals surface area (Å²) in [4.78, 5) is 85.9. The minimum Gasteiger partial charge on any atom is -0.488 e. The van der Waals surface area contributed by atoms with E-state index in [0.29, 0.717) is 51.1 Å². The maximum absolute atomic E-state index is 15.5. The van der Waals surface area contributed by atoms with Crippen LogP contribution in [0.1, 0.15) is 108 Å². The number of aromatic nitrogens is 2. The standard InChI is InChI=1S/C56H67F5N8O11/c1-33-45(49(80-55(33,2)56(59,60)61)54(75)68-39-17-20-64-43(30-39)50(62)71)40-15-16-42(57)46(58)48(40)79-29-28-76-23-5-19-65-51(72)36-11-7-34(8-12-36)35-9-13-37(14-10-35)52(73)66-21-24-77-26-27-78-25-22-67-53(74)41-31-44(70)69(3)47(41)38-6-4-18-63-32-38/h4,6,9-10,13-18,20,30,32-34,36,41,45,47,49H,5,7-8,11-12,19,21-29,31H2,1-3H3,(H2,62,71)(H,65,72)(H,66,73)(H,67,74)(H,64,68,75)/t33-,34?,36?,41-,45-,47+,49+,55+/m0/s1. The SMILES string of the molecule is C[C@H]1[C@@H](c2ccc(F)c(F)c2OCCOCCCNC(=O)C2CCC(c3ccc(C(=O)NCCOCCOCCNC(=O)[C@H]4CC(=O)N(C)[C@@H]4c4cccnc4)cc3)CC2)[C@H](C(=O)Nc2ccnc(C(N)=O)c2)O[C@@]1(C)C(F)(F)F. The van der Waals surface area contributed by atoms with Crippen molar-refractivity contribution in [2.24, 2.45) is 23.5 Å². The molecule has 19 nitrogen and oxygen atoms in total. The van der Waals surface area contributed by atoms with Crippen LogP contribution in [-0.4, -0.2) is 141 Å². The Labute approximate surface area is 459 Å². The van der Waals surface area contributed by atoms with Crippen molar-refractivity contribution in [3.8, 4) is 5.75 Å². The average Bonchev–Trinajstić information content (AvgIpc) is 3.93. The van der Waals surface area contributed by atoms with Crippen LogP contribution in [0.3, 0.4) is 0 Å². The van der Waals surface area contributed by atoms with Crippen LogP contribution in [-0.2, 0) is 38.1 Å². The first-order valence-electron chi connectivity index (χ1n) is 26.5. The van der Waals surface area contributed by atoms with Gasteiger partial charge in [-0.05, 0) is 92.5 Å². The number of carbonyl (C=O) groups is 6. The highest BCUT2D eigenvalue weighted by Gasteiger charge is 2.66. The molecule has 0 radical (unpaired) electrons. The van der Waals surface area contributed by atoms with Gasteiger partial charge in [0.2, 0.25) is 23.5 Å². The van der Waals surface area contributed by atoms with E-state index in [1.807, 2.05) is 18.2 Å². The van der Waals surface area contributed by atoms with E-state index in [0.717, 1.165) is 55.3 Å². The predicted octanol–water partition coefficient (Wildman–Crippen LogP) is 5.91. The Morgan fingerprint density at radius 3 is 2.15 bits per heavy atom. The number of alkyl halides is 3. The van der Waals surface area contributed by atoms with E-state index in [-0.39, 0.29) is 104 Å². The summed E-state index contributed by atoms with van der Waals surface area (Å²) < 4.78 is 102. The van der Waals surface area contributed by atoms with Crippen LogP contribution in [0.2, 0.25) is 0 Å². The Morgan fingerprint density at radius 1 is 0.800 bits per heavy atom. The van der Waals surface area contributed by atoms with E-state index < -0.39 is 64.8 Å². The number of nitrogens with one attached hydrogen (secondary N) is 4. The van der Waals surface area contributed by atoms with Gasteiger partial charge in [0.1, 0.15) is 18.4 Å². The van der Waals surface area contributed by atoms with Crippen LogP contribution >= 0.6 is 0 Å². The third kappa shape index (κ3) is 15.0. The number of likely N-dealkylation sites (tertiary alicyclic amines) is 1. The fraction of sp³-hybridized carbons (Fsp3) is 0.500. The second kappa shape index (κ2) is 27.8. The number of nitrogens with zero attached hydrogens (tertiary/aromatic N) is 3. The largest absolute Gasteiger partial charge is 0.488 e. The molecule has 2 aliphatic heterocycles. The molecule has 6 atom stereocenters. The van der Waals surface area contributed by atoms with E-state index >= 15 is 4.39 Å². The van der Waals surface area contributed by atoms with Gasteiger partial charge in [-0.15, -0.1) is 0 Å². The van der Waals surface area contributed by atoms with Gasteiger partial charge in [0.15, 0.2) is 17.2 Å². The monoisotopic (exact) mass is 1120 g/mol. The van der Waals surface area contributed by atoms with E-state index in [9.17, 15) is 46.3 Å². The zero-order chi connectivity index (χ0) is 57.6. The lowest BCUT2D eigenvalue weighted by Crippen LogP contribution is -2.47. The van der Waals surface area contributed by atoms with Gasteiger partial charge >= 0.3 is 6.18 Å². The zero-order valence-corrected chi connectivity index (χ0v) is 44.7. The Morgan fingerprint density at radius 2 is 1.48 bits per heavy atom. The lowest BCUT2D eigenvalue weighted by Gasteiger charge is -2.32. The molecule has 2 saturated heterocycles. The van der Waals surface area contributed by atoms with Crippen molar-refractivity contribution < 1.29 is 74.4 Å². The fourth-order valence-corrected chi connectivity index (χ4v) is 10.4. The molecule has 4 heterocycles. The van der Waals surface area contributed by atoms with Crippen LogP contribution in [0.15, 0.2) is 79.3 Å². The summed E-state index contributed by atoms with van der Waals surface area (Å²) in [6.07, 6.45) is 1.06. The Balaban J connectivity index is 0.751. The molecule has 1 aliphatic carbocycles. The summed E-state index contributed by atoms with van der Waals surface area (Å²) in [5.41, 5.74) is 4.28. The van der Waals surface area contributed by atoms with Gasteiger partial charge in [-0.2, -0.15) is 17.6 Å². The number of anilines is 1. The van der Waals surface area contributed by atoms with Gasteiger partial charge in [-0.1, -0.05) is 31.2 Å². The summed E-state index contributed by atoms with van der Waals surface area (Å²) in [5, 5.41) is 11.0. The van der Waals surface area contributed by atoms with Gasteiger partial charge < -0.3 is 55.6 Å². The summed E-state index contributed by atoms with van der Waals surface area (Å²) >= 11 is 0. The number of benzene rings is 2. The lowest BCUT2D eigenvalue weighted by molar-refractivity contribution is -0.272. The highest BCUT2D eigenvalue weighted by atomic mass is 19.4. The highest BCUT2D eigenvalue weighted by Crippen LogP contribution is 2.55. The van der Waals surface area contributed by atoms with Crippen LogP contribution in [0.5, 0.6) is 5.75 Å². The maximum atomic E-state index is 15.5. The van der Waals surface area contributed by atoms with Crippen LogP contribution < -0.4 is 31.7 Å². The van der Waals surface area contributed by atoms with Crippen LogP contribution in [0.4, 0.5) is 27.6 Å². The number of hydrogen-bond donors (Lipinski definition) is 5. The van der Waals surface area contributed by atoms with E-state index in [2.05, 4.69) is 31.2 Å². The third-order valence-electron chi connectivity index (χ3n) is 15.0. The van der Waals surface area contributed by atoms with Crippen molar-refractivity contribution in [2.75, 3.05) is 78.2 Å². The number of amides is 6. The molecule has 0 spiro atoms. The first kappa shape index (κ1) is 60.5. The topological polar surface area (TPSA) is 252 Å². The molecular formula is C56H67F5N8O11. The normalized spacial score (nSPS) is 22.9. The van der Waals surface area contributed by atoms with Crippen LogP contribution in [0.25, 0.3) is 0 Å². The Kier molecular flexibility index (Phi) is 21.0. The molecule has 6 N–H and O–H groups in total. The summed E-state index contributed by atoms with van der Waals surface area (Å²) in [5.74, 6) is -9.62. The first-order chi connectivity index (χ1) is 38.3. The molecule has 3 aliphatic rings. The van der Waals surface area contributed by atoms with Gasteiger partial charge in [0.05, 0.1) is 45.0 Å². The summed E-state index contributed by atoms with van der Waals surface area (Å²) in [6.45, 7) is 3.64. The molecule has 0 unspecified atom stereocenters. The maximum Gasteiger partial charge on any atom is 0.417 e. The molecule has 2 aromatic heterocycles. The molecule has 24 heteroatoms. The number of hydrogen-bond acceptors (Lipinski definition) is 13. The molecule has 80 heavy (non-hydrogen) atoms. The molecule has 7 rings (SSSR count). The molecule has 2 aromatic carbocycles. The number of ether oxygens (including phenoxy) is 5. The molecular weight excluding hydrogens is 1060 g/mol. The van der Waals surface area contributed by atoms with Crippen molar-refractivity contribution in [3.05, 3.63) is 119 Å². The van der Waals surface area contributed by atoms with Crippen molar-refractivity contribution in [1.82, 2.24) is 30.8 Å². The third-order valence-corrected chi connectivity index (χ3v) is 15.0. The average molecular weight is 1120 g/mol. The molecule has 1 saturated carbocycles. The molecule has 432 valence electrons. The van der Waals surface area contributed by atoms with Crippen molar-refractivity contribution in [1.29, 1.82) is 0 Å². The second-order valence-corrected chi connectivity index (χ2v) is 20.1. The predicted molar refractivity (Wildman–Crippen MR) is 279 cm³/mol. The van der Waals surface area contributed by atoms with Gasteiger partial charge in [-0.25, -0.2) is 4.39 Å². The van der Waals surface area contributed by atoms with Gasteiger partial charge in [0, 0.05) is 92.9 Å². The van der Waals surface area contributed by atoms with Crippen molar-refractivity contribution in [3.63, 3.8) is 0 Å². The summed E-state index contributed by atoms with van der Waals surface area (Å²) in [6, 6.07) is 14.8. The number of primary amides is 1. The number of pyridine rings is 2. The lowest BCUT2D eigenvalue weighted by atomic mass is 9.77.